The molecule has 1 aliphatic heterocycles. The van der Waals surface area contributed by atoms with Crippen LogP contribution in [0.15, 0.2) is 72.9 Å². The largest absolute Gasteiger partial charge is 0.394 e. The molecule has 9 heteroatoms. The minimum Gasteiger partial charge on any atom is -0.394 e. The van der Waals surface area contributed by atoms with Gasteiger partial charge in [-0.3, -0.25) is 4.79 Å². The van der Waals surface area contributed by atoms with Gasteiger partial charge in [-0.15, -0.1) is 0 Å². The molecule has 6 N–H and O–H groups in total. The Kier molecular flexibility index (Phi) is 35.0. The second-order valence-corrected chi connectivity index (χ2v) is 15.5. The van der Waals surface area contributed by atoms with Crippen molar-refractivity contribution in [1.29, 1.82) is 0 Å². The summed E-state index contributed by atoms with van der Waals surface area (Å²) in [4.78, 5) is 12.9. The first-order chi connectivity index (χ1) is 27.8. The van der Waals surface area contributed by atoms with Gasteiger partial charge in [0.1, 0.15) is 24.4 Å². The SMILES string of the molecule is CC/C=C\C/C=C\C/C=C\C/C=C\CCCCC(=O)NC(COC1OC(CO)C(O)C(O)C1O)C(O)/C=C/CC/C=C/CCCCCCCCCCCCCCC. The summed E-state index contributed by atoms with van der Waals surface area (Å²) < 4.78 is 11.2. The lowest BCUT2D eigenvalue weighted by Crippen LogP contribution is -2.60. The van der Waals surface area contributed by atoms with E-state index in [1.165, 1.54) is 83.5 Å². The molecule has 1 amide bonds. The van der Waals surface area contributed by atoms with E-state index in [1.807, 2.05) is 6.08 Å². The van der Waals surface area contributed by atoms with Gasteiger partial charge in [0.15, 0.2) is 6.29 Å². The first-order valence-corrected chi connectivity index (χ1v) is 22.7. The fourth-order valence-electron chi connectivity index (χ4n) is 6.63. The monoisotopic (exact) mass is 802 g/mol. The van der Waals surface area contributed by atoms with Gasteiger partial charge in [-0.1, -0.05) is 164 Å². The van der Waals surface area contributed by atoms with Gasteiger partial charge in [0, 0.05) is 6.42 Å². The fraction of sp³-hybridized carbons (Fsp3) is 0.729. The number of amides is 1. The van der Waals surface area contributed by atoms with E-state index in [2.05, 4.69) is 79.9 Å². The first-order valence-electron chi connectivity index (χ1n) is 22.7. The van der Waals surface area contributed by atoms with Crippen molar-refractivity contribution in [3.63, 3.8) is 0 Å². The molecular formula is C48H83NO8. The molecule has 7 atom stereocenters. The number of aliphatic hydroxyl groups excluding tert-OH is 5. The van der Waals surface area contributed by atoms with Gasteiger partial charge in [0.2, 0.25) is 5.91 Å². The Morgan fingerprint density at radius 3 is 1.68 bits per heavy atom. The molecule has 9 nitrogen and oxygen atoms in total. The van der Waals surface area contributed by atoms with Crippen molar-refractivity contribution in [2.45, 2.75) is 211 Å². The predicted octanol–water partition coefficient (Wildman–Crippen LogP) is 9.39. The number of hydrogen-bond donors (Lipinski definition) is 6. The molecule has 0 aromatic rings. The molecule has 1 saturated heterocycles. The maximum atomic E-state index is 12.9. The zero-order valence-electron chi connectivity index (χ0n) is 35.8. The Labute approximate surface area is 347 Å². The van der Waals surface area contributed by atoms with Crippen LogP contribution in [0.25, 0.3) is 0 Å². The average Bonchev–Trinajstić information content (AvgIpc) is 3.21. The summed E-state index contributed by atoms with van der Waals surface area (Å²) in [5.41, 5.74) is 0. The Morgan fingerprint density at radius 2 is 1.11 bits per heavy atom. The number of rotatable bonds is 36. The van der Waals surface area contributed by atoms with Crippen LogP contribution in [-0.2, 0) is 14.3 Å². The van der Waals surface area contributed by atoms with Gasteiger partial charge >= 0.3 is 0 Å². The van der Waals surface area contributed by atoms with Gasteiger partial charge in [-0.2, -0.15) is 0 Å². The first kappa shape index (κ1) is 52.6. The third-order valence-corrected chi connectivity index (χ3v) is 10.3. The molecule has 0 spiro atoms. The molecule has 7 unspecified atom stereocenters. The highest BCUT2D eigenvalue weighted by Crippen LogP contribution is 2.22. The molecule has 57 heavy (non-hydrogen) atoms. The Balaban J connectivity index is 2.43. The second-order valence-electron chi connectivity index (χ2n) is 15.5. The maximum Gasteiger partial charge on any atom is 0.220 e. The summed E-state index contributed by atoms with van der Waals surface area (Å²) >= 11 is 0. The van der Waals surface area contributed by atoms with Crippen LogP contribution in [-0.4, -0.2) is 87.5 Å². The van der Waals surface area contributed by atoms with Crippen molar-refractivity contribution in [2.24, 2.45) is 0 Å². The molecule has 0 aliphatic carbocycles. The van der Waals surface area contributed by atoms with Crippen LogP contribution in [0.1, 0.15) is 168 Å². The standard InChI is InChI=1S/C48H83NO8/c1-3-5-7-9-11-13-15-17-19-20-21-22-24-25-27-29-31-33-35-37-42(51)41(40-56-48-47(55)46(54)45(53)43(39-50)57-48)49-44(52)38-36-34-32-30-28-26-23-18-16-14-12-10-8-6-4-2/h6,8,12,14,18,23,27-30,35,37,41-43,45-48,50-51,53-55H,3-5,7,9-11,13,15-17,19-22,24-26,31-34,36,38-40H2,1-2H3,(H,49,52)/b8-6-,14-12-,23-18-,29-27+,30-28-,37-35+. The Morgan fingerprint density at radius 1 is 0.614 bits per heavy atom. The lowest BCUT2D eigenvalue weighted by molar-refractivity contribution is -0.302. The van der Waals surface area contributed by atoms with Gasteiger partial charge in [0.25, 0.3) is 0 Å². The number of hydrogen-bond acceptors (Lipinski definition) is 8. The number of allylic oxidation sites excluding steroid dienone is 11. The van der Waals surface area contributed by atoms with Crippen LogP contribution in [0, 0.1) is 0 Å². The van der Waals surface area contributed by atoms with Crippen molar-refractivity contribution in [3.8, 4) is 0 Å². The van der Waals surface area contributed by atoms with Crippen LogP contribution in [0.3, 0.4) is 0 Å². The number of nitrogens with one attached hydrogen (secondary N) is 1. The van der Waals surface area contributed by atoms with Crippen molar-refractivity contribution >= 4 is 5.91 Å². The van der Waals surface area contributed by atoms with Crippen LogP contribution < -0.4 is 5.32 Å². The number of carbonyl (C=O) groups excluding carboxylic acids is 1. The summed E-state index contributed by atoms with van der Waals surface area (Å²) in [5.74, 6) is -0.230. The predicted molar refractivity (Wildman–Crippen MR) is 235 cm³/mol. The van der Waals surface area contributed by atoms with Gasteiger partial charge in [-0.05, 0) is 70.6 Å². The molecular weight excluding hydrogens is 719 g/mol. The lowest BCUT2D eigenvalue weighted by atomic mass is 9.99. The van der Waals surface area contributed by atoms with E-state index in [0.29, 0.717) is 6.42 Å². The van der Waals surface area contributed by atoms with Crippen molar-refractivity contribution in [3.05, 3.63) is 72.9 Å². The molecule has 0 aromatic carbocycles. The third kappa shape index (κ3) is 28.7. The molecule has 0 saturated carbocycles. The molecule has 1 rings (SSSR count). The molecule has 1 aliphatic rings. The van der Waals surface area contributed by atoms with E-state index in [9.17, 15) is 30.3 Å². The Hall–Kier alpha value is -2.37. The van der Waals surface area contributed by atoms with Crippen molar-refractivity contribution < 1.29 is 39.8 Å². The van der Waals surface area contributed by atoms with Crippen molar-refractivity contribution in [2.75, 3.05) is 13.2 Å². The molecule has 1 heterocycles. The summed E-state index contributed by atoms with van der Waals surface area (Å²) in [6.07, 6.45) is 43.8. The summed E-state index contributed by atoms with van der Waals surface area (Å²) in [7, 11) is 0. The molecule has 0 bridgehead atoms. The molecule has 0 aromatic heterocycles. The minimum atomic E-state index is -1.58. The van der Waals surface area contributed by atoms with Crippen LogP contribution in [0.4, 0.5) is 0 Å². The van der Waals surface area contributed by atoms with Gasteiger partial charge < -0.3 is 40.3 Å². The van der Waals surface area contributed by atoms with E-state index in [-0.39, 0.29) is 18.9 Å². The average molecular weight is 802 g/mol. The summed E-state index contributed by atoms with van der Waals surface area (Å²) in [5, 5.41) is 54.1. The van der Waals surface area contributed by atoms with E-state index in [0.717, 1.165) is 57.8 Å². The van der Waals surface area contributed by atoms with E-state index in [1.54, 1.807) is 6.08 Å². The normalized spacial score (nSPS) is 21.7. The van der Waals surface area contributed by atoms with Crippen LogP contribution in [0.5, 0.6) is 0 Å². The van der Waals surface area contributed by atoms with E-state index >= 15 is 0 Å². The topological polar surface area (TPSA) is 149 Å². The fourth-order valence-corrected chi connectivity index (χ4v) is 6.63. The van der Waals surface area contributed by atoms with Crippen LogP contribution in [0.2, 0.25) is 0 Å². The second kappa shape index (κ2) is 37.9. The van der Waals surface area contributed by atoms with E-state index < -0.39 is 49.5 Å². The Bertz CT molecular complexity index is 1120. The van der Waals surface area contributed by atoms with Crippen LogP contribution >= 0.6 is 0 Å². The highest BCUT2D eigenvalue weighted by molar-refractivity contribution is 5.76. The highest BCUT2D eigenvalue weighted by Gasteiger charge is 2.44. The summed E-state index contributed by atoms with van der Waals surface area (Å²) in [6, 6.07) is -0.846. The molecule has 328 valence electrons. The third-order valence-electron chi connectivity index (χ3n) is 10.3. The lowest BCUT2D eigenvalue weighted by Gasteiger charge is -2.40. The smallest absolute Gasteiger partial charge is 0.220 e. The minimum absolute atomic E-state index is 0.221. The maximum absolute atomic E-state index is 12.9. The number of unbranched alkanes of at least 4 members (excludes halogenated alkanes) is 16. The summed E-state index contributed by atoms with van der Waals surface area (Å²) in [6.45, 7) is 3.60. The quantitative estimate of drug-likeness (QED) is 0.0271. The van der Waals surface area contributed by atoms with Gasteiger partial charge in [0.05, 0.1) is 25.4 Å². The number of aliphatic hydroxyl groups is 5. The van der Waals surface area contributed by atoms with E-state index in [4.69, 9.17) is 9.47 Å². The van der Waals surface area contributed by atoms with Crippen molar-refractivity contribution in [1.82, 2.24) is 5.32 Å². The number of carbonyl (C=O) groups is 1. The zero-order valence-corrected chi connectivity index (χ0v) is 35.8. The zero-order chi connectivity index (χ0) is 41.6. The number of ether oxygens (including phenoxy) is 2. The highest BCUT2D eigenvalue weighted by atomic mass is 16.7. The molecule has 0 radical (unpaired) electrons. The molecule has 1 fully saturated rings. The van der Waals surface area contributed by atoms with Gasteiger partial charge in [-0.25, -0.2) is 0 Å².